The fourth-order valence-corrected chi connectivity index (χ4v) is 19.5. The van der Waals surface area contributed by atoms with Crippen LogP contribution in [-0.2, 0) is 19.2 Å². The van der Waals surface area contributed by atoms with Gasteiger partial charge in [0.05, 0.1) is 52.7 Å². The number of amidine groups is 2. The number of nitrogens with zero attached hydrogens (tertiary/aromatic N) is 2. The number of rotatable bonds is 28. The Hall–Kier alpha value is -3.10. The molecule has 0 saturated heterocycles. The summed E-state index contributed by atoms with van der Waals surface area (Å²) in [7, 11) is 0. The zero-order valence-electron chi connectivity index (χ0n) is 49.2. The normalized spacial score (nSPS) is 40.7. The van der Waals surface area contributed by atoms with Crippen molar-refractivity contribution in [2.75, 3.05) is 62.3 Å². The summed E-state index contributed by atoms with van der Waals surface area (Å²) in [4.78, 5) is 61.3. The number of carbonyl (C=O) groups excluding carboxylic acids is 4. The number of nitrogens with two attached hydrogens (primary N) is 2. The number of aliphatic imine (C=N–C) groups is 2. The Balaban J connectivity index is 0.614. The van der Waals surface area contributed by atoms with Crippen LogP contribution in [0.5, 0.6) is 0 Å². The van der Waals surface area contributed by atoms with Gasteiger partial charge in [-0.25, -0.2) is 8.78 Å². The summed E-state index contributed by atoms with van der Waals surface area (Å²) in [5, 5.41) is 53.8. The number of carbonyl (C=O) groups is 4. The number of aliphatic hydroxyl groups excluding tert-OH is 2. The first-order valence-corrected chi connectivity index (χ1v) is 32.8. The largest absolute Gasteiger partial charge is 0.390 e. The highest BCUT2D eigenvalue weighted by Crippen LogP contribution is 2.72. The van der Waals surface area contributed by atoms with E-state index in [0.717, 1.165) is 76.0 Å². The highest BCUT2D eigenvalue weighted by molar-refractivity contribution is 8.00. The molecule has 6 saturated carbocycles. The quantitative estimate of drug-likeness (QED) is 0.0213. The van der Waals surface area contributed by atoms with Crippen molar-refractivity contribution < 1.29 is 48.4 Å². The molecule has 0 radical (unpaired) electrons. The molecule has 0 bridgehead atoms. The van der Waals surface area contributed by atoms with Gasteiger partial charge in [-0.3, -0.25) is 29.2 Å². The number of nitrogens with one attached hydrogen (secondary N) is 2. The van der Waals surface area contributed by atoms with E-state index in [9.17, 15) is 39.6 Å². The monoisotopic (exact) mass is 1170 g/mol. The summed E-state index contributed by atoms with van der Waals surface area (Å²) >= 11 is 3.20. The van der Waals surface area contributed by atoms with Gasteiger partial charge in [0.25, 0.3) is 0 Å². The van der Waals surface area contributed by atoms with Crippen LogP contribution in [0.3, 0.4) is 0 Å². The van der Waals surface area contributed by atoms with Gasteiger partial charge in [-0.15, -0.1) is 0 Å². The molecule has 0 spiro atoms. The summed E-state index contributed by atoms with van der Waals surface area (Å²) in [6.45, 7) is 15.8. The second kappa shape index (κ2) is 25.5. The second-order valence-electron chi connectivity index (χ2n) is 26.9. The number of Topliss-reactive ketones (excluding diaryl/α,β-unsaturated/α-hetero) is 2. The lowest BCUT2D eigenvalue weighted by atomic mass is 9.45. The van der Waals surface area contributed by atoms with Gasteiger partial charge in [-0.2, -0.15) is 23.5 Å². The fourth-order valence-electron chi connectivity index (χ4n) is 17.7. The van der Waals surface area contributed by atoms with Gasteiger partial charge >= 0.3 is 0 Å². The van der Waals surface area contributed by atoms with Crippen molar-refractivity contribution in [3.63, 3.8) is 0 Å². The number of halogens is 2. The Labute approximate surface area is 489 Å². The lowest BCUT2D eigenvalue weighted by Crippen LogP contribution is -2.66. The molecule has 8 rings (SSSR count). The summed E-state index contributed by atoms with van der Waals surface area (Å²) in [6, 6.07) is 0. The Morgan fingerprint density at radius 1 is 0.593 bits per heavy atom. The third-order valence-corrected chi connectivity index (χ3v) is 23.6. The summed E-state index contributed by atoms with van der Waals surface area (Å²) in [6.07, 6.45) is 16.4. The number of fused-ring (bicyclic) bond motifs is 10. The van der Waals surface area contributed by atoms with E-state index in [4.69, 9.17) is 11.5 Å². The summed E-state index contributed by atoms with van der Waals surface area (Å²) in [5.74, 6) is 0.154. The van der Waals surface area contributed by atoms with Gasteiger partial charge in [0.1, 0.15) is 11.6 Å². The number of allylic oxidation sites excluding steroid dienone is 8. The SMILES string of the molecule is C[C@]12C[C@H](O)[C@@]3(F)[C@@H](CCC4=CC(=O)C=C[C@@]43C)[C@@H]1C[C@](C)(O)[C@@H]2C(=O)CCSCCCC(N)=NCCCNCCCCNCCCN=C(N)CCCSCC(=O)[C@@H]1[C@@]2(C)C[C@H](O)[C@@]3(F)[C@@H](CCC4=CC(=O)C=C[C@@]43C)[C@@H]2C[C@]1(C)O. The molecule has 81 heavy (non-hydrogen) atoms. The van der Waals surface area contributed by atoms with Crippen molar-refractivity contribution in [1.29, 1.82) is 0 Å². The first kappa shape index (κ1) is 63.9. The Bertz CT molecular complexity index is 2540. The maximum absolute atomic E-state index is 17.5. The van der Waals surface area contributed by atoms with Crippen LogP contribution in [0.1, 0.15) is 151 Å². The lowest BCUT2D eigenvalue weighted by Gasteiger charge is -2.61. The average molecular weight is 1170 g/mol. The smallest absolute Gasteiger partial charge is 0.178 e. The van der Waals surface area contributed by atoms with E-state index < -0.39 is 80.1 Å². The predicted molar refractivity (Wildman–Crippen MR) is 321 cm³/mol. The molecule has 16 atom stereocenters. The first-order valence-electron chi connectivity index (χ1n) is 30.5. The van der Waals surface area contributed by atoms with Crippen LogP contribution in [0.4, 0.5) is 8.78 Å². The van der Waals surface area contributed by atoms with Crippen molar-refractivity contribution in [3.8, 4) is 0 Å². The molecule has 6 fully saturated rings. The molecule has 0 aliphatic heterocycles. The van der Waals surface area contributed by atoms with Gasteiger partial charge in [0.15, 0.2) is 22.9 Å². The summed E-state index contributed by atoms with van der Waals surface area (Å²) < 4.78 is 35.0. The zero-order valence-corrected chi connectivity index (χ0v) is 50.9. The Morgan fingerprint density at radius 3 is 1.47 bits per heavy atom. The van der Waals surface area contributed by atoms with E-state index in [2.05, 4.69) is 20.6 Å². The van der Waals surface area contributed by atoms with Gasteiger partial charge in [-0.1, -0.05) is 37.1 Å². The molecule has 452 valence electrons. The Kier molecular flexibility index (Phi) is 20.1. The molecular formula is C63H96F2N6O8S2. The van der Waals surface area contributed by atoms with Crippen LogP contribution in [0.2, 0.25) is 0 Å². The molecule has 0 aromatic rings. The minimum atomic E-state index is -2.00. The molecule has 10 N–H and O–H groups in total. The summed E-state index contributed by atoms with van der Waals surface area (Å²) in [5.41, 5.74) is 3.55. The number of aliphatic hydroxyl groups is 4. The van der Waals surface area contributed by atoms with E-state index in [1.54, 1.807) is 51.6 Å². The molecular weight excluding hydrogens is 1070 g/mol. The second-order valence-corrected chi connectivity index (χ2v) is 29.2. The maximum atomic E-state index is 17.5. The highest BCUT2D eigenvalue weighted by Gasteiger charge is 2.75. The van der Waals surface area contributed by atoms with E-state index >= 15 is 8.78 Å². The fraction of sp³-hybridized carbons (Fsp3) is 0.778. The zero-order chi connectivity index (χ0) is 58.8. The molecule has 0 aromatic heterocycles. The van der Waals surface area contributed by atoms with Gasteiger partial charge in [-0.05, 0) is 202 Å². The number of hydrogen-bond acceptors (Lipinski definition) is 14. The van der Waals surface area contributed by atoms with Crippen LogP contribution in [0.25, 0.3) is 0 Å². The van der Waals surface area contributed by atoms with Crippen LogP contribution >= 0.6 is 23.5 Å². The van der Waals surface area contributed by atoms with Crippen LogP contribution in [-0.4, -0.2) is 152 Å². The third-order valence-electron chi connectivity index (χ3n) is 21.4. The molecule has 0 unspecified atom stereocenters. The van der Waals surface area contributed by atoms with Crippen molar-refractivity contribution in [2.24, 2.45) is 78.6 Å². The lowest BCUT2D eigenvalue weighted by molar-refractivity contribution is -0.196. The van der Waals surface area contributed by atoms with E-state index in [1.165, 1.54) is 36.1 Å². The molecule has 0 heterocycles. The minimum absolute atomic E-state index is 0.0259. The van der Waals surface area contributed by atoms with Gasteiger partial charge in [0.2, 0.25) is 0 Å². The molecule has 14 nitrogen and oxygen atoms in total. The average Bonchev–Trinajstić information content (AvgIpc) is 1.82. The number of thioether (sulfide) groups is 2. The van der Waals surface area contributed by atoms with Crippen molar-refractivity contribution in [3.05, 3.63) is 47.6 Å². The topological polar surface area (TPSA) is 250 Å². The number of unbranched alkanes of at least 4 members (excludes halogenated alkanes) is 1. The van der Waals surface area contributed by atoms with Crippen LogP contribution in [0, 0.1) is 57.2 Å². The third kappa shape index (κ3) is 12.4. The van der Waals surface area contributed by atoms with Crippen molar-refractivity contribution >= 4 is 58.3 Å². The molecule has 8 aliphatic rings. The van der Waals surface area contributed by atoms with Gasteiger partial charge < -0.3 is 42.5 Å². The highest BCUT2D eigenvalue weighted by atomic mass is 32.2. The number of ketones is 4. The standard InChI is InChI=1S/C63H96F2N6O8S2/c1-56-37-50(76)62(64)44(17-15-40-33-42(72)19-22-58(40,62)3)46(56)35-60(5,78)54(56)48(74)21-32-80-30-9-13-52(66)70-28-11-26-68-24-7-8-25-69-27-12-29-71-53(67)14-10-31-81-39-49(75)55-57(2)38-51(77)63(65)45(47(57)36-61(55,6)79)18-16-41-34-43(73)20-23-59(41,63)4/h19-20,22-23,33-34,44-47,50-51,54-55,68-69,76-79H,7-18,21,24-32,35-39H2,1-6H3,(H2,66,70)(H2,67,71)/t44-,45-,46-,47-,50-,51-,54+,55+,56-,57-,58-,59-,60-,61-,62-,63-/m0/s1. The minimum Gasteiger partial charge on any atom is -0.390 e. The first-order chi connectivity index (χ1) is 38.2. The molecule has 0 amide bonds. The maximum Gasteiger partial charge on any atom is 0.178 e. The van der Waals surface area contributed by atoms with E-state index in [1.807, 2.05) is 13.8 Å². The Morgan fingerprint density at radius 2 is 1.01 bits per heavy atom. The van der Waals surface area contributed by atoms with Crippen molar-refractivity contribution in [1.82, 2.24) is 10.6 Å². The van der Waals surface area contributed by atoms with E-state index in [-0.39, 0.29) is 53.6 Å². The van der Waals surface area contributed by atoms with Gasteiger partial charge in [0, 0.05) is 60.8 Å². The van der Waals surface area contributed by atoms with Crippen LogP contribution in [0.15, 0.2) is 57.6 Å². The predicted octanol–water partition coefficient (Wildman–Crippen LogP) is 7.69. The number of hydrogen-bond donors (Lipinski definition) is 8. The molecule has 8 aliphatic carbocycles. The van der Waals surface area contributed by atoms with Crippen molar-refractivity contribution in [2.45, 2.75) is 185 Å². The number of alkyl halides is 2. The van der Waals surface area contributed by atoms with Crippen LogP contribution < -0.4 is 22.1 Å². The van der Waals surface area contributed by atoms with E-state index in [0.29, 0.717) is 99.6 Å². The molecule has 0 aromatic carbocycles. The molecule has 18 heteroatoms.